The fourth-order valence-corrected chi connectivity index (χ4v) is 2.41. The van der Waals surface area contributed by atoms with Crippen molar-refractivity contribution in [3.8, 4) is 0 Å². The van der Waals surface area contributed by atoms with E-state index in [1.54, 1.807) is 30.3 Å². The van der Waals surface area contributed by atoms with Crippen LogP contribution < -0.4 is 5.32 Å². The number of carbonyl (C=O) groups is 2. The molecule has 29 heavy (non-hydrogen) atoms. The fourth-order valence-electron chi connectivity index (χ4n) is 2.41. The molecule has 1 amide bonds. The fraction of sp³-hybridized carbons (Fsp3) is 0.0909. The van der Waals surface area contributed by atoms with Gasteiger partial charge >= 0.3 is 5.97 Å². The minimum atomic E-state index is -0.679. The maximum Gasteiger partial charge on any atom is 0.310 e. The van der Waals surface area contributed by atoms with Gasteiger partial charge in [-0.3, -0.25) is 9.59 Å². The molecule has 0 aliphatic carbocycles. The highest BCUT2D eigenvalue weighted by molar-refractivity contribution is 5.93. The van der Waals surface area contributed by atoms with Gasteiger partial charge in [-0.25, -0.2) is 4.39 Å². The number of ether oxygens (including phenoxy) is 1. The highest BCUT2D eigenvalue weighted by Crippen LogP contribution is 2.20. The molecule has 0 aromatic heterocycles. The molecule has 146 valence electrons. The van der Waals surface area contributed by atoms with E-state index >= 15 is 0 Å². The largest absolute Gasteiger partial charge is 0.455 e. The van der Waals surface area contributed by atoms with E-state index in [2.05, 4.69) is 15.5 Å². The smallest absolute Gasteiger partial charge is 0.310 e. The van der Waals surface area contributed by atoms with E-state index in [1.807, 2.05) is 30.3 Å². The molecule has 6 nitrogen and oxygen atoms in total. The van der Waals surface area contributed by atoms with Crippen molar-refractivity contribution in [3.63, 3.8) is 0 Å². The van der Waals surface area contributed by atoms with Crippen LogP contribution in [0.15, 0.2) is 89.1 Å². The molecule has 0 aliphatic rings. The summed E-state index contributed by atoms with van der Waals surface area (Å²) in [5.41, 5.74) is 2.11. The average molecular weight is 391 g/mol. The highest BCUT2D eigenvalue weighted by atomic mass is 19.1. The van der Waals surface area contributed by atoms with Crippen LogP contribution in [0.25, 0.3) is 0 Å². The Hall–Kier alpha value is -3.87. The zero-order chi connectivity index (χ0) is 20.5. The van der Waals surface area contributed by atoms with Crippen molar-refractivity contribution in [1.29, 1.82) is 0 Å². The minimum Gasteiger partial charge on any atom is -0.455 e. The molecule has 0 saturated heterocycles. The molecule has 7 heteroatoms. The Morgan fingerprint density at radius 1 is 0.828 bits per heavy atom. The lowest BCUT2D eigenvalue weighted by molar-refractivity contribution is -0.146. The van der Waals surface area contributed by atoms with Crippen LogP contribution in [0.4, 0.5) is 21.5 Å². The molecule has 0 saturated carbocycles. The molecule has 1 N–H and O–H groups in total. The van der Waals surface area contributed by atoms with Crippen LogP contribution in [-0.2, 0) is 20.7 Å². The second kappa shape index (κ2) is 9.89. The number of amides is 1. The first kappa shape index (κ1) is 19.9. The number of azo groups is 1. The van der Waals surface area contributed by atoms with Gasteiger partial charge in [-0.05, 0) is 48.0 Å². The number of anilines is 1. The van der Waals surface area contributed by atoms with Crippen molar-refractivity contribution in [1.82, 2.24) is 0 Å². The van der Waals surface area contributed by atoms with Crippen molar-refractivity contribution in [3.05, 3.63) is 90.2 Å². The number of rotatable bonds is 7. The lowest BCUT2D eigenvalue weighted by Gasteiger charge is -2.07. The zero-order valence-corrected chi connectivity index (χ0v) is 15.4. The second-order valence-corrected chi connectivity index (χ2v) is 6.06. The predicted octanol–water partition coefficient (Wildman–Crippen LogP) is 4.97. The first-order valence-corrected chi connectivity index (χ1v) is 8.86. The van der Waals surface area contributed by atoms with Gasteiger partial charge in [0.15, 0.2) is 6.61 Å². The zero-order valence-electron chi connectivity index (χ0n) is 15.4. The predicted molar refractivity (Wildman–Crippen MR) is 107 cm³/mol. The van der Waals surface area contributed by atoms with E-state index in [0.717, 1.165) is 5.69 Å². The van der Waals surface area contributed by atoms with Gasteiger partial charge in [0.25, 0.3) is 5.91 Å². The number of carbonyl (C=O) groups excluding carboxylic acids is 2. The van der Waals surface area contributed by atoms with Gasteiger partial charge in [0, 0.05) is 5.69 Å². The highest BCUT2D eigenvalue weighted by Gasteiger charge is 2.11. The summed E-state index contributed by atoms with van der Waals surface area (Å²) >= 11 is 0. The molecule has 0 heterocycles. The Balaban J connectivity index is 1.46. The first-order chi connectivity index (χ1) is 14.1. The van der Waals surface area contributed by atoms with Crippen molar-refractivity contribution < 1.29 is 18.7 Å². The molecule has 0 atom stereocenters. The SMILES string of the molecule is O=C(COC(=O)Cc1ccccc1F)Nc1ccc(N=Nc2ccccc2)cc1. The van der Waals surface area contributed by atoms with Crippen LogP contribution in [-0.4, -0.2) is 18.5 Å². The third-order valence-electron chi connectivity index (χ3n) is 3.85. The summed E-state index contributed by atoms with van der Waals surface area (Å²) in [5, 5.41) is 10.8. The van der Waals surface area contributed by atoms with E-state index in [9.17, 15) is 14.0 Å². The van der Waals surface area contributed by atoms with E-state index in [-0.39, 0.29) is 12.0 Å². The number of benzene rings is 3. The summed E-state index contributed by atoms with van der Waals surface area (Å²) in [5.74, 6) is -1.66. The van der Waals surface area contributed by atoms with Crippen molar-refractivity contribution in [2.75, 3.05) is 11.9 Å². The van der Waals surface area contributed by atoms with Crippen molar-refractivity contribution >= 4 is 28.9 Å². The minimum absolute atomic E-state index is 0.221. The first-order valence-electron chi connectivity index (χ1n) is 8.86. The summed E-state index contributed by atoms with van der Waals surface area (Å²) < 4.78 is 18.4. The van der Waals surface area contributed by atoms with E-state index in [0.29, 0.717) is 11.4 Å². The molecule has 0 spiro atoms. The van der Waals surface area contributed by atoms with Crippen molar-refractivity contribution in [2.24, 2.45) is 10.2 Å². The van der Waals surface area contributed by atoms with E-state index in [1.165, 1.54) is 18.2 Å². The summed E-state index contributed by atoms with van der Waals surface area (Å²) in [6.07, 6.45) is -0.235. The Morgan fingerprint density at radius 2 is 1.45 bits per heavy atom. The van der Waals surface area contributed by atoms with E-state index < -0.39 is 24.3 Å². The monoisotopic (exact) mass is 391 g/mol. The topological polar surface area (TPSA) is 80.1 Å². The molecule has 0 unspecified atom stereocenters. The summed E-state index contributed by atoms with van der Waals surface area (Å²) in [7, 11) is 0. The molecule has 0 aliphatic heterocycles. The lowest BCUT2D eigenvalue weighted by atomic mass is 10.1. The molecule has 0 bridgehead atoms. The summed E-state index contributed by atoms with van der Waals surface area (Å²) in [4.78, 5) is 23.7. The Labute approximate surface area is 167 Å². The third-order valence-corrected chi connectivity index (χ3v) is 3.85. The van der Waals surface area contributed by atoms with Gasteiger partial charge in [-0.1, -0.05) is 36.4 Å². The van der Waals surface area contributed by atoms with Crippen molar-refractivity contribution in [2.45, 2.75) is 6.42 Å². The molecular weight excluding hydrogens is 373 g/mol. The van der Waals surface area contributed by atoms with Crippen LogP contribution in [0.2, 0.25) is 0 Å². The average Bonchev–Trinajstić information content (AvgIpc) is 2.74. The number of nitrogens with one attached hydrogen (secondary N) is 1. The number of nitrogens with zero attached hydrogens (tertiary/aromatic N) is 2. The number of esters is 1. The second-order valence-electron chi connectivity index (χ2n) is 6.06. The van der Waals surface area contributed by atoms with Gasteiger partial charge < -0.3 is 10.1 Å². The van der Waals surface area contributed by atoms with Crippen LogP contribution in [0.1, 0.15) is 5.56 Å². The molecule has 3 aromatic rings. The normalized spacial score (nSPS) is 10.7. The molecule has 3 rings (SSSR count). The van der Waals surface area contributed by atoms with Crippen LogP contribution in [0.5, 0.6) is 0 Å². The van der Waals surface area contributed by atoms with Crippen LogP contribution in [0, 0.1) is 5.82 Å². The van der Waals surface area contributed by atoms with Gasteiger partial charge in [-0.15, -0.1) is 0 Å². The van der Waals surface area contributed by atoms with E-state index in [4.69, 9.17) is 4.74 Å². The Kier molecular flexibility index (Phi) is 6.78. The molecule has 3 aromatic carbocycles. The maximum atomic E-state index is 13.5. The number of halogens is 1. The van der Waals surface area contributed by atoms with Gasteiger partial charge in [0.2, 0.25) is 0 Å². The third kappa shape index (κ3) is 6.35. The lowest BCUT2D eigenvalue weighted by Crippen LogP contribution is -2.21. The number of hydrogen-bond acceptors (Lipinski definition) is 5. The van der Waals surface area contributed by atoms with Gasteiger partial charge in [-0.2, -0.15) is 10.2 Å². The molecular formula is C22H18FN3O3. The number of hydrogen-bond donors (Lipinski definition) is 1. The maximum absolute atomic E-state index is 13.5. The summed E-state index contributed by atoms with van der Waals surface area (Å²) in [6.45, 7) is -0.456. The Morgan fingerprint density at radius 3 is 2.14 bits per heavy atom. The Bertz CT molecular complexity index is 1010. The molecule has 0 fully saturated rings. The van der Waals surface area contributed by atoms with Gasteiger partial charge in [0.05, 0.1) is 17.8 Å². The standard InChI is InChI=1S/C22H18FN3O3/c23-20-9-5-4-6-16(20)14-22(28)29-15-21(27)24-17-10-12-19(13-11-17)26-25-18-7-2-1-3-8-18/h1-13H,14-15H2,(H,24,27). The van der Waals surface area contributed by atoms with Crippen LogP contribution >= 0.6 is 0 Å². The molecule has 0 radical (unpaired) electrons. The van der Waals surface area contributed by atoms with Gasteiger partial charge in [0.1, 0.15) is 5.82 Å². The van der Waals surface area contributed by atoms with Crippen LogP contribution in [0.3, 0.4) is 0 Å². The quantitative estimate of drug-likeness (QED) is 0.456. The summed E-state index contributed by atoms with van der Waals surface area (Å²) in [6, 6.07) is 22.0.